The van der Waals surface area contributed by atoms with Crippen molar-refractivity contribution in [1.82, 2.24) is 5.32 Å². The zero-order valence-corrected chi connectivity index (χ0v) is 10.6. The van der Waals surface area contributed by atoms with Crippen molar-refractivity contribution in [3.05, 3.63) is 39.9 Å². The highest BCUT2D eigenvalue weighted by molar-refractivity contribution is 5.34. The van der Waals surface area contributed by atoms with E-state index in [9.17, 15) is 10.1 Å². The number of non-ortho nitro benzene ring substituents is 1. The highest BCUT2D eigenvalue weighted by Crippen LogP contribution is 2.21. The van der Waals surface area contributed by atoms with E-state index in [-0.39, 0.29) is 10.6 Å². The van der Waals surface area contributed by atoms with Gasteiger partial charge in [-0.2, -0.15) is 0 Å². The molecule has 0 aliphatic heterocycles. The van der Waals surface area contributed by atoms with Gasteiger partial charge in [0.05, 0.1) is 4.92 Å². The quantitative estimate of drug-likeness (QED) is 0.610. The smallest absolute Gasteiger partial charge is 0.269 e. The molecule has 2 atom stereocenters. The third-order valence-electron chi connectivity index (χ3n) is 3.10. The van der Waals surface area contributed by atoms with Crippen LogP contribution in [0.5, 0.6) is 0 Å². The van der Waals surface area contributed by atoms with Gasteiger partial charge in [-0.05, 0) is 31.4 Å². The Hall–Kier alpha value is -1.42. The molecule has 1 aromatic carbocycles. The molecule has 94 valence electrons. The third kappa shape index (κ3) is 3.82. The Morgan fingerprint density at radius 2 is 1.88 bits per heavy atom. The molecule has 1 N–H and O–H groups in total. The first-order valence-electron chi connectivity index (χ1n) is 6.04. The van der Waals surface area contributed by atoms with Gasteiger partial charge in [0.25, 0.3) is 5.69 Å². The average Bonchev–Trinajstić information content (AvgIpc) is 2.35. The summed E-state index contributed by atoms with van der Waals surface area (Å²) in [5.74, 6) is 0.349. The van der Waals surface area contributed by atoms with Gasteiger partial charge in [0.15, 0.2) is 0 Å². The molecule has 0 aliphatic rings. The van der Waals surface area contributed by atoms with Crippen molar-refractivity contribution in [2.45, 2.75) is 39.2 Å². The lowest BCUT2D eigenvalue weighted by Gasteiger charge is -2.21. The first-order chi connectivity index (χ1) is 8.06. The lowest BCUT2D eigenvalue weighted by Crippen LogP contribution is -2.31. The van der Waals surface area contributed by atoms with Gasteiger partial charge in [0.1, 0.15) is 0 Å². The van der Waals surface area contributed by atoms with E-state index in [1.807, 2.05) is 12.1 Å². The Labute approximate surface area is 102 Å². The minimum absolute atomic E-state index is 0.148. The van der Waals surface area contributed by atoms with Crippen LogP contribution in [0.25, 0.3) is 0 Å². The summed E-state index contributed by atoms with van der Waals surface area (Å²) < 4.78 is 0. The molecule has 1 aromatic rings. The molecule has 0 amide bonds. The van der Waals surface area contributed by atoms with Crippen molar-refractivity contribution in [3.63, 3.8) is 0 Å². The van der Waals surface area contributed by atoms with E-state index in [1.54, 1.807) is 12.1 Å². The predicted octanol–water partition coefficient (Wildman–Crippen LogP) is 3.09. The standard InChI is InChI=1S/C13H20N2O2/c1-4-9-14-11(3)10(2)12-5-7-13(8-6-12)15(16)17/h5-8,10-11,14H,4,9H2,1-3H3. The lowest BCUT2D eigenvalue weighted by atomic mass is 9.94. The molecule has 0 saturated carbocycles. The van der Waals surface area contributed by atoms with Gasteiger partial charge in [0, 0.05) is 18.2 Å². The van der Waals surface area contributed by atoms with E-state index in [0.29, 0.717) is 12.0 Å². The molecular weight excluding hydrogens is 216 g/mol. The topological polar surface area (TPSA) is 55.2 Å². The number of nitrogens with zero attached hydrogens (tertiary/aromatic N) is 1. The van der Waals surface area contributed by atoms with Gasteiger partial charge in [-0.25, -0.2) is 0 Å². The summed E-state index contributed by atoms with van der Waals surface area (Å²) in [5.41, 5.74) is 1.28. The number of nitrogens with one attached hydrogen (secondary N) is 1. The number of rotatable bonds is 6. The van der Waals surface area contributed by atoms with Gasteiger partial charge in [-0.1, -0.05) is 26.0 Å². The Balaban J connectivity index is 2.68. The van der Waals surface area contributed by atoms with Crippen LogP contribution in [-0.4, -0.2) is 17.5 Å². The number of benzene rings is 1. The monoisotopic (exact) mass is 236 g/mol. The van der Waals surface area contributed by atoms with Crippen LogP contribution in [-0.2, 0) is 0 Å². The molecule has 0 bridgehead atoms. The summed E-state index contributed by atoms with van der Waals surface area (Å²) in [7, 11) is 0. The molecule has 17 heavy (non-hydrogen) atoms. The summed E-state index contributed by atoms with van der Waals surface area (Å²) >= 11 is 0. The molecule has 0 saturated heterocycles. The van der Waals surface area contributed by atoms with Gasteiger partial charge in [-0.15, -0.1) is 0 Å². The lowest BCUT2D eigenvalue weighted by molar-refractivity contribution is -0.384. The average molecular weight is 236 g/mol. The van der Waals surface area contributed by atoms with Gasteiger partial charge in [0.2, 0.25) is 0 Å². The summed E-state index contributed by atoms with van der Waals surface area (Å²) in [6.45, 7) is 7.41. The van der Waals surface area contributed by atoms with Crippen LogP contribution in [0.1, 0.15) is 38.7 Å². The Kier molecular flexibility index (Phi) is 5.10. The van der Waals surface area contributed by atoms with E-state index in [4.69, 9.17) is 0 Å². The minimum Gasteiger partial charge on any atom is -0.314 e. The fourth-order valence-electron chi connectivity index (χ4n) is 1.74. The summed E-state index contributed by atoms with van der Waals surface area (Å²) in [6.07, 6.45) is 1.11. The maximum absolute atomic E-state index is 10.6. The number of nitro groups is 1. The number of nitro benzene ring substituents is 1. The van der Waals surface area contributed by atoms with E-state index in [2.05, 4.69) is 26.1 Å². The molecule has 0 heterocycles. The molecule has 0 aliphatic carbocycles. The zero-order chi connectivity index (χ0) is 12.8. The van der Waals surface area contributed by atoms with Crippen LogP contribution in [0, 0.1) is 10.1 Å². The largest absolute Gasteiger partial charge is 0.314 e. The highest BCUT2D eigenvalue weighted by Gasteiger charge is 2.14. The van der Waals surface area contributed by atoms with E-state index < -0.39 is 0 Å². The fourth-order valence-corrected chi connectivity index (χ4v) is 1.74. The van der Waals surface area contributed by atoms with Crippen LogP contribution in [0.2, 0.25) is 0 Å². The number of hydrogen-bond acceptors (Lipinski definition) is 3. The van der Waals surface area contributed by atoms with Crippen molar-refractivity contribution >= 4 is 5.69 Å². The van der Waals surface area contributed by atoms with Crippen LogP contribution >= 0.6 is 0 Å². The van der Waals surface area contributed by atoms with Crippen molar-refractivity contribution in [2.24, 2.45) is 0 Å². The van der Waals surface area contributed by atoms with Crippen molar-refractivity contribution < 1.29 is 4.92 Å². The minimum atomic E-state index is -0.368. The molecule has 0 aromatic heterocycles. The van der Waals surface area contributed by atoms with E-state index >= 15 is 0 Å². The molecule has 0 radical (unpaired) electrons. The Morgan fingerprint density at radius 3 is 2.35 bits per heavy atom. The van der Waals surface area contributed by atoms with Crippen LogP contribution in [0.15, 0.2) is 24.3 Å². The predicted molar refractivity (Wildman–Crippen MR) is 69.3 cm³/mol. The molecule has 0 spiro atoms. The maximum Gasteiger partial charge on any atom is 0.269 e. The Bertz CT molecular complexity index is 362. The molecule has 4 nitrogen and oxygen atoms in total. The molecule has 2 unspecified atom stereocenters. The third-order valence-corrected chi connectivity index (χ3v) is 3.10. The fraction of sp³-hybridized carbons (Fsp3) is 0.538. The second-order valence-corrected chi connectivity index (χ2v) is 4.38. The van der Waals surface area contributed by atoms with E-state index in [1.165, 1.54) is 0 Å². The van der Waals surface area contributed by atoms with Crippen molar-refractivity contribution in [2.75, 3.05) is 6.54 Å². The van der Waals surface area contributed by atoms with Crippen molar-refractivity contribution in [3.8, 4) is 0 Å². The Morgan fingerprint density at radius 1 is 1.29 bits per heavy atom. The summed E-state index contributed by atoms with van der Waals surface area (Å²) in [4.78, 5) is 10.2. The van der Waals surface area contributed by atoms with Crippen LogP contribution < -0.4 is 5.32 Å². The normalized spacial score (nSPS) is 14.3. The summed E-state index contributed by atoms with van der Waals surface area (Å²) in [5, 5.41) is 14.0. The first-order valence-corrected chi connectivity index (χ1v) is 6.04. The maximum atomic E-state index is 10.6. The highest BCUT2D eigenvalue weighted by atomic mass is 16.6. The van der Waals surface area contributed by atoms with Crippen LogP contribution in [0.4, 0.5) is 5.69 Å². The second kappa shape index (κ2) is 6.35. The SMILES string of the molecule is CCCNC(C)C(C)c1ccc([N+](=O)[O-])cc1. The molecule has 4 heteroatoms. The second-order valence-electron chi connectivity index (χ2n) is 4.38. The van der Waals surface area contributed by atoms with Gasteiger partial charge in [-0.3, -0.25) is 10.1 Å². The molecular formula is C13H20N2O2. The van der Waals surface area contributed by atoms with Crippen LogP contribution in [0.3, 0.4) is 0 Å². The molecule has 0 fully saturated rings. The number of hydrogen-bond donors (Lipinski definition) is 1. The molecule has 1 rings (SSSR count). The van der Waals surface area contributed by atoms with Crippen molar-refractivity contribution in [1.29, 1.82) is 0 Å². The van der Waals surface area contributed by atoms with Gasteiger partial charge >= 0.3 is 0 Å². The zero-order valence-electron chi connectivity index (χ0n) is 10.6. The first kappa shape index (κ1) is 13.6. The van der Waals surface area contributed by atoms with E-state index in [0.717, 1.165) is 18.5 Å². The summed E-state index contributed by atoms with van der Waals surface area (Å²) in [6, 6.07) is 7.19. The van der Waals surface area contributed by atoms with Gasteiger partial charge < -0.3 is 5.32 Å².